The lowest BCUT2D eigenvalue weighted by Gasteiger charge is -2.35. The first-order valence-electron chi connectivity index (χ1n) is 11.2. The van der Waals surface area contributed by atoms with Gasteiger partial charge in [0.05, 0.1) is 19.0 Å². The largest absolute Gasteiger partial charge is 0.355 e. The highest BCUT2D eigenvalue weighted by molar-refractivity contribution is 5.94. The lowest BCUT2D eigenvalue weighted by molar-refractivity contribution is -0.133. The first kappa shape index (κ1) is 23.5. The van der Waals surface area contributed by atoms with Crippen molar-refractivity contribution in [1.29, 1.82) is 0 Å². The van der Waals surface area contributed by atoms with Crippen molar-refractivity contribution in [3.63, 3.8) is 0 Å². The van der Waals surface area contributed by atoms with Gasteiger partial charge in [0.1, 0.15) is 0 Å². The maximum atomic E-state index is 13.0. The number of hydrogen-bond acceptors (Lipinski definition) is 4. The van der Waals surface area contributed by atoms with E-state index in [4.69, 9.17) is 0 Å². The third kappa shape index (κ3) is 6.92. The van der Waals surface area contributed by atoms with Crippen LogP contribution in [0.15, 0.2) is 60.7 Å². The standard InChI is InChI=1S/C25H32N4O3/c1-2-13-26-23(30)19-28-14-16-29(17-15-28)24(31)18-22(20-9-5-3-6-10-20)27-25(32)21-11-7-4-8-12-21/h3-12,22H,2,13-19H2,1H3,(H,26,30)(H,27,32). The average Bonchev–Trinajstić information content (AvgIpc) is 2.83. The number of amides is 3. The van der Waals surface area contributed by atoms with E-state index in [-0.39, 0.29) is 24.1 Å². The van der Waals surface area contributed by atoms with Gasteiger partial charge in [-0.25, -0.2) is 0 Å². The van der Waals surface area contributed by atoms with Gasteiger partial charge in [-0.2, -0.15) is 0 Å². The monoisotopic (exact) mass is 436 g/mol. The number of nitrogens with zero attached hydrogens (tertiary/aromatic N) is 2. The first-order valence-corrected chi connectivity index (χ1v) is 11.2. The zero-order chi connectivity index (χ0) is 22.8. The quantitative estimate of drug-likeness (QED) is 0.632. The summed E-state index contributed by atoms with van der Waals surface area (Å²) in [5.41, 5.74) is 1.47. The van der Waals surface area contributed by atoms with Crippen molar-refractivity contribution < 1.29 is 14.4 Å². The summed E-state index contributed by atoms with van der Waals surface area (Å²) in [5.74, 6) is -0.170. The molecule has 3 amide bonds. The topological polar surface area (TPSA) is 81.8 Å². The molecule has 2 N–H and O–H groups in total. The summed E-state index contributed by atoms with van der Waals surface area (Å²) in [7, 11) is 0. The van der Waals surface area contributed by atoms with Crippen LogP contribution in [0.1, 0.15) is 41.7 Å². The van der Waals surface area contributed by atoms with Gasteiger partial charge >= 0.3 is 0 Å². The Morgan fingerprint density at radius 1 is 0.906 bits per heavy atom. The van der Waals surface area contributed by atoms with Gasteiger partial charge < -0.3 is 15.5 Å². The minimum atomic E-state index is -0.408. The molecule has 32 heavy (non-hydrogen) atoms. The molecule has 0 aromatic heterocycles. The van der Waals surface area contributed by atoms with Gasteiger partial charge in [0.2, 0.25) is 11.8 Å². The van der Waals surface area contributed by atoms with E-state index in [1.54, 1.807) is 12.1 Å². The summed E-state index contributed by atoms with van der Waals surface area (Å²) in [4.78, 5) is 41.6. The molecule has 0 saturated carbocycles. The molecule has 1 aliphatic rings. The summed E-state index contributed by atoms with van der Waals surface area (Å²) in [6.45, 7) is 5.56. The van der Waals surface area contributed by atoms with E-state index in [1.807, 2.05) is 60.4 Å². The van der Waals surface area contributed by atoms with E-state index in [0.29, 0.717) is 44.8 Å². The molecule has 2 aromatic carbocycles. The van der Waals surface area contributed by atoms with Crippen LogP contribution in [0, 0.1) is 0 Å². The molecule has 0 spiro atoms. The van der Waals surface area contributed by atoms with Crippen molar-refractivity contribution in [2.75, 3.05) is 39.3 Å². The normalized spacial score (nSPS) is 15.1. The van der Waals surface area contributed by atoms with Gasteiger partial charge in [0.15, 0.2) is 0 Å². The lowest BCUT2D eigenvalue weighted by atomic mass is 10.0. The summed E-state index contributed by atoms with van der Waals surface area (Å²) in [6, 6.07) is 18.2. The minimum absolute atomic E-state index is 0.00213. The van der Waals surface area contributed by atoms with Gasteiger partial charge in [-0.15, -0.1) is 0 Å². The molecule has 7 nitrogen and oxygen atoms in total. The zero-order valence-corrected chi connectivity index (χ0v) is 18.6. The van der Waals surface area contributed by atoms with Crippen molar-refractivity contribution >= 4 is 17.7 Å². The van der Waals surface area contributed by atoms with E-state index in [2.05, 4.69) is 15.5 Å². The van der Waals surface area contributed by atoms with Crippen LogP contribution < -0.4 is 10.6 Å². The molecular formula is C25H32N4O3. The highest BCUT2D eigenvalue weighted by Gasteiger charge is 2.26. The fourth-order valence-corrected chi connectivity index (χ4v) is 3.75. The molecule has 1 fully saturated rings. The molecule has 0 bridgehead atoms. The van der Waals surface area contributed by atoms with Crippen LogP contribution in [0.25, 0.3) is 0 Å². The van der Waals surface area contributed by atoms with Crippen LogP contribution in [0.5, 0.6) is 0 Å². The Bertz CT molecular complexity index is 881. The predicted octanol–water partition coefficient (Wildman–Crippen LogP) is 2.22. The number of piperazine rings is 1. The van der Waals surface area contributed by atoms with Crippen LogP contribution in [-0.2, 0) is 9.59 Å². The van der Waals surface area contributed by atoms with E-state index < -0.39 is 6.04 Å². The third-order valence-corrected chi connectivity index (χ3v) is 5.59. The highest BCUT2D eigenvalue weighted by atomic mass is 16.2. The Morgan fingerprint density at radius 2 is 1.53 bits per heavy atom. The smallest absolute Gasteiger partial charge is 0.251 e. The molecular weight excluding hydrogens is 404 g/mol. The second-order valence-corrected chi connectivity index (χ2v) is 8.01. The molecule has 1 unspecified atom stereocenters. The fourth-order valence-electron chi connectivity index (χ4n) is 3.75. The number of rotatable bonds is 9. The van der Waals surface area contributed by atoms with Crippen LogP contribution in [0.3, 0.4) is 0 Å². The van der Waals surface area contributed by atoms with Gasteiger partial charge in [0, 0.05) is 38.3 Å². The number of hydrogen-bond donors (Lipinski definition) is 2. The van der Waals surface area contributed by atoms with Gasteiger partial charge in [-0.05, 0) is 24.1 Å². The third-order valence-electron chi connectivity index (χ3n) is 5.59. The average molecular weight is 437 g/mol. The fraction of sp³-hybridized carbons (Fsp3) is 0.400. The molecule has 0 aliphatic carbocycles. The number of carbonyl (C=O) groups excluding carboxylic acids is 3. The Hall–Kier alpha value is -3.19. The van der Waals surface area contributed by atoms with E-state index in [9.17, 15) is 14.4 Å². The zero-order valence-electron chi connectivity index (χ0n) is 18.6. The van der Waals surface area contributed by atoms with E-state index >= 15 is 0 Å². The molecule has 2 aromatic rings. The number of benzene rings is 2. The molecule has 1 atom stereocenters. The predicted molar refractivity (Wildman–Crippen MR) is 124 cm³/mol. The second-order valence-electron chi connectivity index (χ2n) is 8.01. The van der Waals surface area contributed by atoms with Crippen molar-refractivity contribution in [1.82, 2.24) is 20.4 Å². The van der Waals surface area contributed by atoms with Gasteiger partial charge in [-0.3, -0.25) is 19.3 Å². The van der Waals surface area contributed by atoms with Gasteiger partial charge in [-0.1, -0.05) is 55.5 Å². The molecule has 170 valence electrons. The molecule has 1 saturated heterocycles. The summed E-state index contributed by atoms with van der Waals surface area (Å²) in [5, 5.41) is 5.91. The Morgan fingerprint density at radius 3 is 2.16 bits per heavy atom. The second kappa shape index (κ2) is 12.0. The number of nitrogens with one attached hydrogen (secondary N) is 2. The molecule has 3 rings (SSSR count). The maximum Gasteiger partial charge on any atom is 0.251 e. The Labute approximate surface area is 189 Å². The molecule has 1 aliphatic heterocycles. The Balaban J connectivity index is 1.57. The van der Waals surface area contributed by atoms with Gasteiger partial charge in [0.25, 0.3) is 5.91 Å². The van der Waals surface area contributed by atoms with E-state index in [0.717, 1.165) is 12.0 Å². The Kier molecular flexibility index (Phi) is 8.80. The lowest BCUT2D eigenvalue weighted by Crippen LogP contribution is -2.51. The van der Waals surface area contributed by atoms with Crippen LogP contribution in [0.2, 0.25) is 0 Å². The SMILES string of the molecule is CCCNC(=O)CN1CCN(C(=O)CC(NC(=O)c2ccccc2)c2ccccc2)CC1. The summed E-state index contributed by atoms with van der Waals surface area (Å²) in [6.07, 6.45) is 1.11. The van der Waals surface area contributed by atoms with Crippen LogP contribution >= 0.6 is 0 Å². The van der Waals surface area contributed by atoms with Crippen molar-refractivity contribution in [3.8, 4) is 0 Å². The number of carbonyl (C=O) groups is 3. The highest BCUT2D eigenvalue weighted by Crippen LogP contribution is 2.19. The molecule has 7 heteroatoms. The summed E-state index contributed by atoms with van der Waals surface area (Å²) < 4.78 is 0. The van der Waals surface area contributed by atoms with Crippen LogP contribution in [0.4, 0.5) is 0 Å². The summed E-state index contributed by atoms with van der Waals surface area (Å²) >= 11 is 0. The van der Waals surface area contributed by atoms with Crippen molar-refractivity contribution in [2.45, 2.75) is 25.8 Å². The maximum absolute atomic E-state index is 13.0. The van der Waals surface area contributed by atoms with E-state index in [1.165, 1.54) is 0 Å². The van der Waals surface area contributed by atoms with Crippen molar-refractivity contribution in [3.05, 3.63) is 71.8 Å². The first-order chi connectivity index (χ1) is 15.6. The van der Waals surface area contributed by atoms with Crippen LogP contribution in [-0.4, -0.2) is 66.8 Å². The molecule has 0 radical (unpaired) electrons. The minimum Gasteiger partial charge on any atom is -0.355 e. The van der Waals surface area contributed by atoms with Crippen molar-refractivity contribution in [2.24, 2.45) is 0 Å². The molecule has 1 heterocycles.